The van der Waals surface area contributed by atoms with Crippen LogP contribution in [0.5, 0.6) is 5.75 Å². The second kappa shape index (κ2) is 6.06. The summed E-state index contributed by atoms with van der Waals surface area (Å²) in [7, 11) is 0. The lowest BCUT2D eigenvalue weighted by atomic mass is 10.0. The maximum atomic E-state index is 11.3. The minimum atomic E-state index is -0.434. The van der Waals surface area contributed by atoms with Crippen LogP contribution in [-0.4, -0.2) is 11.1 Å². The summed E-state index contributed by atoms with van der Waals surface area (Å²) in [5.41, 5.74) is 2.78. The molecule has 0 radical (unpaired) electrons. The molecule has 2 rings (SSSR count). The van der Waals surface area contributed by atoms with E-state index in [4.69, 9.17) is 4.74 Å². The van der Waals surface area contributed by atoms with Gasteiger partial charge >= 0.3 is 5.97 Å². The van der Waals surface area contributed by atoms with Gasteiger partial charge in [0.1, 0.15) is 12.4 Å². The summed E-state index contributed by atoms with van der Waals surface area (Å²) < 4.78 is 5.04. The minimum absolute atomic E-state index is 0.119. The van der Waals surface area contributed by atoms with Crippen molar-refractivity contribution in [3.8, 4) is 16.9 Å². The van der Waals surface area contributed by atoms with Gasteiger partial charge in [-0.15, -0.1) is 0 Å². The summed E-state index contributed by atoms with van der Waals surface area (Å²) in [4.78, 5) is 11.3. The monoisotopic (exact) mass is 268 g/mol. The third-order valence-corrected chi connectivity index (χ3v) is 2.87. The first-order chi connectivity index (χ1) is 9.58. The van der Waals surface area contributed by atoms with Gasteiger partial charge in [-0.3, -0.25) is 0 Å². The van der Waals surface area contributed by atoms with E-state index in [1.54, 1.807) is 13.0 Å². The minimum Gasteiger partial charge on any atom is -0.507 e. The summed E-state index contributed by atoms with van der Waals surface area (Å²) in [5, 5.41) is 10.1. The van der Waals surface area contributed by atoms with Crippen LogP contribution in [0, 0.1) is 0 Å². The SMILES string of the molecule is C=C(C)C(=O)OCc1ccc(-c2ccccc2)c(O)c1. The first kappa shape index (κ1) is 13.9. The van der Waals surface area contributed by atoms with Crippen LogP contribution >= 0.6 is 0 Å². The maximum absolute atomic E-state index is 11.3. The van der Waals surface area contributed by atoms with Crippen molar-refractivity contribution in [3.05, 3.63) is 66.2 Å². The molecule has 20 heavy (non-hydrogen) atoms. The molecule has 0 fully saturated rings. The fourth-order valence-corrected chi connectivity index (χ4v) is 1.80. The van der Waals surface area contributed by atoms with Crippen molar-refractivity contribution in [2.45, 2.75) is 13.5 Å². The molecule has 0 heterocycles. The molecule has 0 amide bonds. The molecule has 3 heteroatoms. The largest absolute Gasteiger partial charge is 0.507 e. The summed E-state index contributed by atoms with van der Waals surface area (Å²) in [6, 6.07) is 14.8. The predicted octanol–water partition coefficient (Wildman–Crippen LogP) is 3.68. The highest BCUT2D eigenvalue weighted by Gasteiger charge is 2.07. The van der Waals surface area contributed by atoms with Gasteiger partial charge in [0.25, 0.3) is 0 Å². The van der Waals surface area contributed by atoms with E-state index in [9.17, 15) is 9.90 Å². The molecule has 2 aromatic carbocycles. The standard InChI is InChI=1S/C17H16O3/c1-12(2)17(19)20-11-13-8-9-15(16(18)10-13)14-6-4-3-5-7-14/h3-10,18H,1,11H2,2H3. The van der Waals surface area contributed by atoms with Crippen LogP contribution in [0.1, 0.15) is 12.5 Å². The van der Waals surface area contributed by atoms with Crippen LogP contribution in [0.3, 0.4) is 0 Å². The lowest BCUT2D eigenvalue weighted by molar-refractivity contribution is -0.140. The number of esters is 1. The molecule has 102 valence electrons. The molecule has 0 atom stereocenters. The second-order valence-corrected chi connectivity index (χ2v) is 4.57. The average molecular weight is 268 g/mol. The quantitative estimate of drug-likeness (QED) is 0.679. The second-order valence-electron chi connectivity index (χ2n) is 4.57. The molecular formula is C17H16O3. The van der Waals surface area contributed by atoms with E-state index >= 15 is 0 Å². The van der Waals surface area contributed by atoms with Crippen molar-refractivity contribution < 1.29 is 14.6 Å². The van der Waals surface area contributed by atoms with Gasteiger partial charge in [-0.2, -0.15) is 0 Å². The number of phenolic OH excluding ortho intramolecular Hbond substituents is 1. The Morgan fingerprint density at radius 3 is 2.50 bits per heavy atom. The van der Waals surface area contributed by atoms with E-state index in [0.717, 1.165) is 16.7 Å². The Kier molecular flexibility index (Phi) is 4.20. The van der Waals surface area contributed by atoms with Gasteiger partial charge in [-0.05, 0) is 24.1 Å². The Bertz CT molecular complexity index is 630. The Morgan fingerprint density at radius 1 is 1.20 bits per heavy atom. The number of carbonyl (C=O) groups is 1. The van der Waals surface area contributed by atoms with E-state index in [0.29, 0.717) is 5.57 Å². The molecule has 1 N–H and O–H groups in total. The van der Waals surface area contributed by atoms with Crippen LogP contribution in [-0.2, 0) is 16.1 Å². The number of phenols is 1. The first-order valence-electron chi connectivity index (χ1n) is 6.28. The van der Waals surface area contributed by atoms with Crippen molar-refractivity contribution >= 4 is 5.97 Å². The van der Waals surface area contributed by atoms with Crippen molar-refractivity contribution in [2.24, 2.45) is 0 Å². The maximum Gasteiger partial charge on any atom is 0.333 e. The van der Waals surface area contributed by atoms with Crippen LogP contribution in [0.4, 0.5) is 0 Å². The third kappa shape index (κ3) is 3.26. The van der Waals surface area contributed by atoms with Crippen LogP contribution in [0.15, 0.2) is 60.7 Å². The van der Waals surface area contributed by atoms with E-state index in [1.807, 2.05) is 42.5 Å². The van der Waals surface area contributed by atoms with Crippen molar-refractivity contribution in [3.63, 3.8) is 0 Å². The smallest absolute Gasteiger partial charge is 0.333 e. The van der Waals surface area contributed by atoms with Gasteiger partial charge in [-0.1, -0.05) is 49.0 Å². The first-order valence-corrected chi connectivity index (χ1v) is 6.28. The van der Waals surface area contributed by atoms with Crippen LogP contribution in [0.2, 0.25) is 0 Å². The van der Waals surface area contributed by atoms with Gasteiger partial charge in [-0.25, -0.2) is 4.79 Å². The van der Waals surface area contributed by atoms with Crippen LogP contribution in [0.25, 0.3) is 11.1 Å². The lowest BCUT2D eigenvalue weighted by Crippen LogP contribution is -2.04. The number of ether oxygens (including phenoxy) is 1. The summed E-state index contributed by atoms with van der Waals surface area (Å²) >= 11 is 0. The Balaban J connectivity index is 2.14. The summed E-state index contributed by atoms with van der Waals surface area (Å²) in [5.74, 6) is -0.267. The van der Waals surface area contributed by atoms with Gasteiger partial charge in [0.2, 0.25) is 0 Å². The Labute approximate surface area is 118 Å². The molecule has 2 aromatic rings. The highest BCUT2D eigenvalue weighted by atomic mass is 16.5. The summed E-state index contributed by atoms with van der Waals surface area (Å²) in [6.07, 6.45) is 0. The number of hydrogen-bond acceptors (Lipinski definition) is 3. The molecule has 0 bridgehead atoms. The number of benzene rings is 2. The van der Waals surface area contributed by atoms with Crippen molar-refractivity contribution in [1.82, 2.24) is 0 Å². The average Bonchev–Trinajstić information content (AvgIpc) is 2.45. The zero-order valence-electron chi connectivity index (χ0n) is 11.3. The lowest BCUT2D eigenvalue weighted by Gasteiger charge is -2.08. The van der Waals surface area contributed by atoms with Crippen molar-refractivity contribution in [1.29, 1.82) is 0 Å². The Morgan fingerprint density at radius 2 is 1.90 bits per heavy atom. The number of aromatic hydroxyl groups is 1. The molecule has 0 spiro atoms. The number of carbonyl (C=O) groups excluding carboxylic acids is 1. The molecular weight excluding hydrogens is 252 g/mol. The van der Waals surface area contributed by atoms with Gasteiger partial charge < -0.3 is 9.84 Å². The molecule has 0 aromatic heterocycles. The van der Waals surface area contributed by atoms with E-state index < -0.39 is 5.97 Å². The molecule has 0 aliphatic rings. The van der Waals surface area contributed by atoms with Gasteiger partial charge in [0, 0.05) is 11.1 Å². The number of hydrogen-bond donors (Lipinski definition) is 1. The normalized spacial score (nSPS) is 10.1. The van der Waals surface area contributed by atoms with Gasteiger partial charge in [0.15, 0.2) is 0 Å². The summed E-state index contributed by atoms with van der Waals surface area (Å²) in [6.45, 7) is 5.23. The fourth-order valence-electron chi connectivity index (χ4n) is 1.80. The molecule has 3 nitrogen and oxygen atoms in total. The molecule has 0 unspecified atom stereocenters. The van der Waals surface area contributed by atoms with E-state index in [1.165, 1.54) is 0 Å². The predicted molar refractivity (Wildman–Crippen MR) is 78.2 cm³/mol. The Hall–Kier alpha value is -2.55. The third-order valence-electron chi connectivity index (χ3n) is 2.87. The fraction of sp³-hybridized carbons (Fsp3) is 0.118. The number of rotatable bonds is 4. The van der Waals surface area contributed by atoms with Crippen molar-refractivity contribution in [2.75, 3.05) is 0 Å². The zero-order valence-corrected chi connectivity index (χ0v) is 11.3. The zero-order chi connectivity index (χ0) is 14.5. The molecule has 0 saturated carbocycles. The molecule has 0 saturated heterocycles. The highest BCUT2D eigenvalue weighted by Crippen LogP contribution is 2.29. The molecule has 0 aliphatic heterocycles. The highest BCUT2D eigenvalue weighted by molar-refractivity contribution is 5.86. The van der Waals surface area contributed by atoms with Gasteiger partial charge in [0.05, 0.1) is 0 Å². The topological polar surface area (TPSA) is 46.5 Å². The van der Waals surface area contributed by atoms with E-state index in [2.05, 4.69) is 6.58 Å². The van der Waals surface area contributed by atoms with E-state index in [-0.39, 0.29) is 12.4 Å². The van der Waals surface area contributed by atoms with Crippen LogP contribution < -0.4 is 0 Å². The molecule has 0 aliphatic carbocycles.